The Morgan fingerprint density at radius 2 is 1.68 bits per heavy atom. The van der Waals surface area contributed by atoms with E-state index in [0.717, 1.165) is 45.2 Å². The average Bonchev–Trinajstić information content (AvgIpc) is 3.47. The SMILES string of the molecule is CC1CC2CN(c3cc(C(F)(F)F)c4cn(C5CCCC([C@@H](C6CCC6)C6NNCN6C)C5)c(=O)n4c3)CC(C1)N2. The van der Waals surface area contributed by atoms with E-state index < -0.39 is 11.7 Å². The summed E-state index contributed by atoms with van der Waals surface area (Å²) in [6.07, 6.45) is 8.37. The van der Waals surface area contributed by atoms with E-state index in [4.69, 9.17) is 0 Å². The van der Waals surface area contributed by atoms with Crippen LogP contribution in [0.25, 0.3) is 5.52 Å². The summed E-state index contributed by atoms with van der Waals surface area (Å²) in [5.41, 5.74) is 6.17. The number of hydrogen-bond donors (Lipinski definition) is 3. The van der Waals surface area contributed by atoms with Crippen LogP contribution in [-0.2, 0) is 6.18 Å². The summed E-state index contributed by atoms with van der Waals surface area (Å²) in [6.45, 7) is 4.36. The van der Waals surface area contributed by atoms with Crippen LogP contribution in [0.3, 0.4) is 0 Å². The van der Waals surface area contributed by atoms with Gasteiger partial charge in [0, 0.05) is 43.6 Å². The van der Waals surface area contributed by atoms with Crippen LogP contribution in [-0.4, -0.2) is 58.9 Å². The molecule has 3 saturated heterocycles. The standard InChI is InChI=1S/C30H44F3N7O/c1-18-9-21-13-38(14-22(10-18)35-21)24-12-25(30(31,32)33)26-16-39(29(41)40(26)15-24)23-8-4-7-20(11-23)27(19-5-3-6-19)28-36-34-17-37(28)2/h12,15-16,18-23,27-28,34-36H,3-11,13-14,17H2,1-2H3/t18?,20?,21?,22?,23?,27-,28?/m1/s1. The van der Waals surface area contributed by atoms with E-state index >= 15 is 0 Å². The summed E-state index contributed by atoms with van der Waals surface area (Å²) in [7, 11) is 2.14. The molecule has 2 saturated carbocycles. The molecule has 2 aromatic rings. The van der Waals surface area contributed by atoms with Gasteiger partial charge in [-0.05, 0) is 68.9 Å². The van der Waals surface area contributed by atoms with E-state index in [9.17, 15) is 18.0 Å². The Balaban J connectivity index is 1.21. The number of piperidine rings is 1. The number of aromatic nitrogens is 2. The Bertz CT molecular complexity index is 1300. The molecule has 3 aliphatic heterocycles. The first-order valence-electron chi connectivity index (χ1n) is 15.7. The normalized spacial score (nSPS) is 34.2. The monoisotopic (exact) mass is 575 g/mol. The highest BCUT2D eigenvalue weighted by Crippen LogP contribution is 2.47. The average molecular weight is 576 g/mol. The molecule has 6 atom stereocenters. The van der Waals surface area contributed by atoms with Crippen LogP contribution in [0.1, 0.15) is 76.3 Å². The topological polar surface area (TPSA) is 69.0 Å². The first kappa shape index (κ1) is 27.7. The Kier molecular flexibility index (Phi) is 7.15. The number of rotatable bonds is 5. The lowest BCUT2D eigenvalue weighted by atomic mass is 9.65. The second-order valence-corrected chi connectivity index (χ2v) is 13.8. The molecule has 41 heavy (non-hydrogen) atoms. The van der Waals surface area contributed by atoms with Crippen molar-refractivity contribution < 1.29 is 13.2 Å². The van der Waals surface area contributed by atoms with Gasteiger partial charge in [-0.1, -0.05) is 32.6 Å². The van der Waals surface area contributed by atoms with Gasteiger partial charge in [-0.15, -0.1) is 0 Å². The fourth-order valence-corrected chi connectivity index (χ4v) is 8.86. The summed E-state index contributed by atoms with van der Waals surface area (Å²) in [5.74, 6) is 2.16. The second kappa shape index (κ2) is 10.6. The third-order valence-corrected chi connectivity index (χ3v) is 10.9. The molecule has 5 aliphatic rings. The second-order valence-electron chi connectivity index (χ2n) is 13.8. The minimum Gasteiger partial charge on any atom is -0.367 e. The van der Waals surface area contributed by atoms with Gasteiger partial charge in [0.2, 0.25) is 0 Å². The first-order chi connectivity index (χ1) is 19.7. The lowest BCUT2D eigenvalue weighted by Crippen LogP contribution is -2.60. The fourth-order valence-electron chi connectivity index (χ4n) is 8.86. The van der Waals surface area contributed by atoms with Crippen molar-refractivity contribution in [2.45, 2.75) is 95.2 Å². The van der Waals surface area contributed by atoms with E-state index in [1.54, 1.807) is 10.8 Å². The minimum atomic E-state index is -4.55. The molecule has 2 aliphatic carbocycles. The molecule has 0 spiro atoms. The van der Waals surface area contributed by atoms with Crippen molar-refractivity contribution in [2.24, 2.45) is 23.7 Å². The highest BCUT2D eigenvalue weighted by atomic mass is 19.4. The number of piperazine rings is 1. The van der Waals surface area contributed by atoms with E-state index in [0.29, 0.717) is 42.4 Å². The quantitative estimate of drug-likeness (QED) is 0.498. The van der Waals surface area contributed by atoms with Gasteiger partial charge < -0.3 is 10.2 Å². The number of fused-ring (bicyclic) bond motifs is 3. The Morgan fingerprint density at radius 1 is 0.976 bits per heavy atom. The van der Waals surface area contributed by atoms with Crippen molar-refractivity contribution in [3.63, 3.8) is 0 Å². The van der Waals surface area contributed by atoms with Gasteiger partial charge in [-0.2, -0.15) is 13.2 Å². The number of imidazole rings is 1. The fraction of sp³-hybridized carbons (Fsp3) is 0.767. The number of nitrogens with zero attached hydrogens (tertiary/aromatic N) is 4. The molecule has 11 heteroatoms. The molecule has 5 heterocycles. The van der Waals surface area contributed by atoms with Crippen LogP contribution in [0.15, 0.2) is 23.3 Å². The van der Waals surface area contributed by atoms with Gasteiger partial charge >= 0.3 is 11.9 Å². The summed E-state index contributed by atoms with van der Waals surface area (Å²) >= 11 is 0. The number of hydrogen-bond acceptors (Lipinski definition) is 6. The van der Waals surface area contributed by atoms with Gasteiger partial charge in [0.15, 0.2) is 0 Å². The van der Waals surface area contributed by atoms with Crippen LogP contribution in [0.5, 0.6) is 0 Å². The Labute approximate surface area is 239 Å². The molecule has 5 unspecified atom stereocenters. The number of halogens is 3. The van der Waals surface area contributed by atoms with Gasteiger partial charge in [0.05, 0.1) is 29.6 Å². The van der Waals surface area contributed by atoms with Gasteiger partial charge in [-0.25, -0.2) is 15.6 Å². The number of hydrazine groups is 1. The third-order valence-electron chi connectivity index (χ3n) is 10.9. The van der Waals surface area contributed by atoms with Crippen molar-refractivity contribution in [3.8, 4) is 0 Å². The predicted molar refractivity (Wildman–Crippen MR) is 152 cm³/mol. The van der Waals surface area contributed by atoms with Crippen LogP contribution >= 0.6 is 0 Å². The molecule has 5 fully saturated rings. The first-order valence-corrected chi connectivity index (χ1v) is 15.7. The van der Waals surface area contributed by atoms with Crippen molar-refractivity contribution >= 4 is 11.2 Å². The van der Waals surface area contributed by atoms with Gasteiger partial charge in [0.25, 0.3) is 0 Å². The summed E-state index contributed by atoms with van der Waals surface area (Å²) < 4.78 is 46.3. The zero-order valence-electron chi connectivity index (χ0n) is 24.2. The molecule has 8 nitrogen and oxygen atoms in total. The van der Waals surface area contributed by atoms with E-state index in [-0.39, 0.29) is 35.5 Å². The number of pyridine rings is 1. The Hall–Kier alpha value is -2.08. The van der Waals surface area contributed by atoms with E-state index in [2.05, 4.69) is 39.9 Å². The zero-order valence-corrected chi connectivity index (χ0v) is 24.2. The molecular formula is C30H44F3N7O. The molecular weight excluding hydrogens is 531 g/mol. The van der Waals surface area contributed by atoms with Crippen molar-refractivity contribution in [1.29, 1.82) is 0 Å². The lowest BCUT2D eigenvalue weighted by molar-refractivity contribution is -0.136. The molecule has 0 amide bonds. The van der Waals surface area contributed by atoms with Crippen molar-refractivity contribution in [2.75, 3.05) is 31.7 Å². The lowest BCUT2D eigenvalue weighted by Gasteiger charge is -2.46. The maximum atomic E-state index is 14.5. The zero-order chi connectivity index (χ0) is 28.5. The minimum absolute atomic E-state index is 0.0331. The largest absolute Gasteiger partial charge is 0.418 e. The number of alkyl halides is 3. The molecule has 7 rings (SSSR count). The number of nitrogens with one attached hydrogen (secondary N) is 3. The van der Waals surface area contributed by atoms with Gasteiger partial charge in [-0.3, -0.25) is 13.9 Å². The van der Waals surface area contributed by atoms with Crippen LogP contribution < -0.4 is 26.8 Å². The number of anilines is 1. The summed E-state index contributed by atoms with van der Waals surface area (Å²) in [5, 5.41) is 3.63. The summed E-state index contributed by atoms with van der Waals surface area (Å²) in [6, 6.07) is 1.70. The summed E-state index contributed by atoms with van der Waals surface area (Å²) in [4.78, 5) is 18.2. The highest BCUT2D eigenvalue weighted by molar-refractivity contribution is 5.62. The van der Waals surface area contributed by atoms with Crippen molar-refractivity contribution in [1.82, 2.24) is 30.0 Å². The Morgan fingerprint density at radius 3 is 2.32 bits per heavy atom. The molecule has 2 aromatic heterocycles. The predicted octanol–water partition coefficient (Wildman–Crippen LogP) is 4.17. The molecule has 0 aromatic carbocycles. The van der Waals surface area contributed by atoms with Crippen LogP contribution in [0, 0.1) is 23.7 Å². The third kappa shape index (κ3) is 5.10. The van der Waals surface area contributed by atoms with Crippen molar-refractivity contribution in [3.05, 3.63) is 34.5 Å². The smallest absolute Gasteiger partial charge is 0.367 e. The van der Waals surface area contributed by atoms with Gasteiger partial charge in [0.1, 0.15) is 0 Å². The highest BCUT2D eigenvalue weighted by Gasteiger charge is 2.44. The molecule has 3 N–H and O–H groups in total. The van der Waals surface area contributed by atoms with E-state index in [1.165, 1.54) is 35.9 Å². The maximum Gasteiger partial charge on any atom is 0.418 e. The maximum absolute atomic E-state index is 14.5. The van der Waals surface area contributed by atoms with Crippen LogP contribution in [0.2, 0.25) is 0 Å². The molecule has 2 bridgehead atoms. The van der Waals surface area contributed by atoms with E-state index in [1.807, 2.05) is 0 Å². The molecule has 0 radical (unpaired) electrons. The molecule has 226 valence electrons. The van der Waals surface area contributed by atoms with Crippen LogP contribution in [0.4, 0.5) is 18.9 Å².